The molecule has 3 rings (SSSR count). The molecule has 150 valence electrons. The lowest BCUT2D eigenvalue weighted by Crippen LogP contribution is -2.30. The minimum atomic E-state index is 0.00567. The Hall–Kier alpha value is -2.37. The number of hydrogen-bond acceptors (Lipinski definition) is 4. The Morgan fingerprint density at radius 2 is 1.68 bits per heavy atom. The second-order valence-electron chi connectivity index (χ2n) is 7.56. The summed E-state index contributed by atoms with van der Waals surface area (Å²) in [7, 11) is 1.63. The van der Waals surface area contributed by atoms with Gasteiger partial charge < -0.3 is 15.4 Å². The van der Waals surface area contributed by atoms with E-state index in [1.165, 1.54) is 37.1 Å². The molecule has 1 unspecified atom stereocenters. The number of methoxy groups -OCH3 is 1. The lowest BCUT2D eigenvalue weighted by Gasteiger charge is -2.16. The number of hydrogen-bond donors (Lipinski definition) is 2. The summed E-state index contributed by atoms with van der Waals surface area (Å²) in [5, 5.41) is 6.36. The van der Waals surface area contributed by atoms with Gasteiger partial charge in [0, 0.05) is 31.2 Å². The highest BCUT2D eigenvalue weighted by Gasteiger charge is 2.12. The number of ether oxygens (including phenoxy) is 1. The first-order valence-electron chi connectivity index (χ1n) is 10.1. The summed E-state index contributed by atoms with van der Waals surface area (Å²) in [6, 6.07) is 16.3. The number of carbonyl (C=O) groups is 1. The molecule has 0 bridgehead atoms. The van der Waals surface area contributed by atoms with Crippen molar-refractivity contribution >= 4 is 11.6 Å². The summed E-state index contributed by atoms with van der Waals surface area (Å²) in [5.74, 6) is 0.783. The molecule has 1 heterocycles. The van der Waals surface area contributed by atoms with Crippen LogP contribution in [0.4, 0.5) is 5.69 Å². The third-order valence-electron chi connectivity index (χ3n) is 5.15. The van der Waals surface area contributed by atoms with Crippen LogP contribution in [0.15, 0.2) is 48.5 Å². The topological polar surface area (TPSA) is 53.6 Å². The Morgan fingerprint density at radius 3 is 2.32 bits per heavy atom. The van der Waals surface area contributed by atoms with Gasteiger partial charge in [-0.25, -0.2) is 0 Å². The smallest absolute Gasteiger partial charge is 0.225 e. The van der Waals surface area contributed by atoms with E-state index in [4.69, 9.17) is 4.74 Å². The van der Waals surface area contributed by atoms with Crippen molar-refractivity contribution in [1.82, 2.24) is 10.2 Å². The van der Waals surface area contributed by atoms with E-state index in [0.29, 0.717) is 6.42 Å². The number of likely N-dealkylation sites (tertiary alicyclic amines) is 1. The van der Waals surface area contributed by atoms with Gasteiger partial charge in [0.05, 0.1) is 7.11 Å². The molecule has 0 spiro atoms. The van der Waals surface area contributed by atoms with Crippen molar-refractivity contribution in [1.29, 1.82) is 0 Å². The maximum atomic E-state index is 12.2. The van der Waals surface area contributed by atoms with Crippen LogP contribution in [0, 0.1) is 0 Å². The summed E-state index contributed by atoms with van der Waals surface area (Å²) in [6.07, 6.45) is 3.08. The van der Waals surface area contributed by atoms with Gasteiger partial charge in [0.25, 0.3) is 0 Å². The molecule has 1 fully saturated rings. The second-order valence-corrected chi connectivity index (χ2v) is 7.56. The van der Waals surface area contributed by atoms with Crippen molar-refractivity contribution in [2.75, 3.05) is 25.5 Å². The van der Waals surface area contributed by atoms with Crippen molar-refractivity contribution in [3.63, 3.8) is 0 Å². The molecule has 5 nitrogen and oxygen atoms in total. The monoisotopic (exact) mass is 381 g/mol. The molecule has 0 radical (unpaired) electrons. The highest BCUT2D eigenvalue weighted by molar-refractivity contribution is 5.91. The van der Waals surface area contributed by atoms with Gasteiger partial charge in [-0.05, 0) is 68.2 Å². The van der Waals surface area contributed by atoms with E-state index < -0.39 is 0 Å². The summed E-state index contributed by atoms with van der Waals surface area (Å²) in [4.78, 5) is 14.7. The Balaban J connectivity index is 1.39. The van der Waals surface area contributed by atoms with E-state index in [2.05, 4.69) is 39.8 Å². The van der Waals surface area contributed by atoms with Crippen molar-refractivity contribution < 1.29 is 9.53 Å². The molecule has 1 amide bonds. The molecule has 0 aromatic heterocycles. The second kappa shape index (κ2) is 10.2. The van der Waals surface area contributed by atoms with Crippen molar-refractivity contribution in [2.24, 2.45) is 0 Å². The van der Waals surface area contributed by atoms with Crippen LogP contribution in [-0.4, -0.2) is 37.0 Å². The minimum Gasteiger partial charge on any atom is -0.497 e. The molecule has 1 aliphatic rings. The molecular formula is C23H31N3O2. The van der Waals surface area contributed by atoms with Crippen molar-refractivity contribution in [3.8, 4) is 5.75 Å². The fourth-order valence-corrected chi connectivity index (χ4v) is 3.49. The lowest BCUT2D eigenvalue weighted by atomic mass is 10.1. The first-order valence-corrected chi connectivity index (χ1v) is 10.1. The Kier molecular flexibility index (Phi) is 7.46. The number of nitrogens with zero attached hydrogens (tertiary/aromatic N) is 1. The molecule has 2 aromatic carbocycles. The zero-order chi connectivity index (χ0) is 19.8. The Labute approximate surface area is 168 Å². The van der Waals surface area contributed by atoms with Crippen LogP contribution in [0.5, 0.6) is 5.75 Å². The molecule has 2 N–H and O–H groups in total. The first kappa shape index (κ1) is 20.4. The summed E-state index contributed by atoms with van der Waals surface area (Å²) >= 11 is 0. The van der Waals surface area contributed by atoms with E-state index in [-0.39, 0.29) is 11.9 Å². The third kappa shape index (κ3) is 6.36. The van der Waals surface area contributed by atoms with E-state index >= 15 is 0 Å². The fraction of sp³-hybridized carbons (Fsp3) is 0.435. The quantitative estimate of drug-likeness (QED) is 0.694. The molecule has 28 heavy (non-hydrogen) atoms. The zero-order valence-corrected chi connectivity index (χ0v) is 16.9. The van der Waals surface area contributed by atoms with Crippen LogP contribution < -0.4 is 15.4 Å². The van der Waals surface area contributed by atoms with Crippen molar-refractivity contribution in [2.45, 2.75) is 45.3 Å². The lowest BCUT2D eigenvalue weighted by molar-refractivity contribution is -0.116. The third-order valence-corrected chi connectivity index (χ3v) is 5.15. The molecule has 0 saturated carbocycles. The molecule has 1 atom stereocenters. The number of carbonyl (C=O) groups excluding carboxylic acids is 1. The summed E-state index contributed by atoms with van der Waals surface area (Å²) < 4.78 is 5.13. The number of rotatable bonds is 9. The van der Waals surface area contributed by atoms with Gasteiger partial charge in [-0.2, -0.15) is 0 Å². The van der Waals surface area contributed by atoms with Crippen LogP contribution in [0.3, 0.4) is 0 Å². The van der Waals surface area contributed by atoms with Gasteiger partial charge >= 0.3 is 0 Å². The largest absolute Gasteiger partial charge is 0.497 e. The predicted octanol–water partition coefficient (Wildman–Crippen LogP) is 3.80. The standard InChI is InChI=1S/C23H31N3O2/c1-18(15-23(27)25-21-9-11-22(28-2)12-10-21)24-16-19-5-7-20(8-6-19)17-26-13-3-4-14-26/h5-12,18,24H,3-4,13-17H2,1-2H3,(H,25,27). The number of anilines is 1. The minimum absolute atomic E-state index is 0.00567. The van der Waals surface area contributed by atoms with E-state index in [1.54, 1.807) is 7.11 Å². The molecule has 1 aliphatic heterocycles. The summed E-state index contributed by atoms with van der Waals surface area (Å²) in [5.41, 5.74) is 3.40. The fourth-order valence-electron chi connectivity index (χ4n) is 3.49. The average molecular weight is 382 g/mol. The maximum absolute atomic E-state index is 12.2. The maximum Gasteiger partial charge on any atom is 0.225 e. The van der Waals surface area contributed by atoms with Gasteiger partial charge in [-0.15, -0.1) is 0 Å². The highest BCUT2D eigenvalue weighted by Crippen LogP contribution is 2.16. The number of amides is 1. The predicted molar refractivity (Wildman–Crippen MR) is 113 cm³/mol. The Bertz CT molecular complexity index is 737. The Morgan fingerprint density at radius 1 is 1.04 bits per heavy atom. The number of benzene rings is 2. The zero-order valence-electron chi connectivity index (χ0n) is 16.9. The van der Waals surface area contributed by atoms with Crippen LogP contribution in [0.2, 0.25) is 0 Å². The van der Waals surface area contributed by atoms with Crippen LogP contribution in [0.25, 0.3) is 0 Å². The van der Waals surface area contributed by atoms with Crippen LogP contribution in [-0.2, 0) is 17.9 Å². The molecule has 5 heteroatoms. The van der Waals surface area contributed by atoms with Crippen LogP contribution >= 0.6 is 0 Å². The molecule has 0 aliphatic carbocycles. The summed E-state index contributed by atoms with van der Waals surface area (Å²) in [6.45, 7) is 6.30. The normalized spacial score (nSPS) is 15.4. The SMILES string of the molecule is COc1ccc(NC(=O)CC(C)NCc2ccc(CN3CCCC3)cc2)cc1. The molecule has 1 saturated heterocycles. The van der Waals surface area contributed by atoms with Gasteiger partial charge in [0.15, 0.2) is 0 Å². The van der Waals surface area contributed by atoms with Gasteiger partial charge in [0.2, 0.25) is 5.91 Å². The van der Waals surface area contributed by atoms with E-state index in [9.17, 15) is 4.79 Å². The first-order chi connectivity index (χ1) is 13.6. The average Bonchev–Trinajstić information content (AvgIpc) is 3.21. The van der Waals surface area contributed by atoms with E-state index in [1.807, 2.05) is 31.2 Å². The van der Waals surface area contributed by atoms with Crippen molar-refractivity contribution in [3.05, 3.63) is 59.7 Å². The van der Waals surface area contributed by atoms with Crippen LogP contribution in [0.1, 0.15) is 37.3 Å². The van der Waals surface area contributed by atoms with Gasteiger partial charge in [-0.1, -0.05) is 24.3 Å². The molecular weight excluding hydrogens is 350 g/mol. The number of nitrogens with one attached hydrogen (secondary N) is 2. The van der Waals surface area contributed by atoms with Gasteiger partial charge in [0.1, 0.15) is 5.75 Å². The molecule has 2 aromatic rings. The van der Waals surface area contributed by atoms with Gasteiger partial charge in [-0.3, -0.25) is 9.69 Å². The highest BCUT2D eigenvalue weighted by atomic mass is 16.5. The van der Waals surface area contributed by atoms with E-state index in [0.717, 1.165) is 24.5 Å².